The van der Waals surface area contributed by atoms with Crippen LogP contribution in [0.15, 0.2) is 55.7 Å². The fraction of sp³-hybridized carbons (Fsp3) is 0.176. The summed E-state index contributed by atoms with van der Waals surface area (Å²) in [6, 6.07) is 7.39. The summed E-state index contributed by atoms with van der Waals surface area (Å²) in [7, 11) is 3.76. The number of carbonyl (C=O) groups excluding carboxylic acids is 1. The third kappa shape index (κ3) is 5.46. The number of halogens is 2. The molecule has 27 heavy (non-hydrogen) atoms. The highest BCUT2D eigenvalue weighted by atomic mass is 79.9. The van der Waals surface area contributed by atoms with Gasteiger partial charge in [-0.05, 0) is 78.9 Å². The number of pyridine rings is 1. The molecule has 0 radical (unpaired) electrons. The fourth-order valence-electron chi connectivity index (χ4n) is 2.15. The third-order valence-corrected chi connectivity index (χ3v) is 5.12. The lowest BCUT2D eigenvalue weighted by Gasteiger charge is -1.97. The van der Waals surface area contributed by atoms with E-state index in [1.54, 1.807) is 12.3 Å². The molecule has 0 aliphatic carbocycles. The minimum atomic E-state index is -0.607. The van der Waals surface area contributed by atoms with Gasteiger partial charge in [-0.15, -0.1) is 0 Å². The summed E-state index contributed by atoms with van der Waals surface area (Å²) in [5.41, 5.74) is 9.72. The van der Waals surface area contributed by atoms with Crippen molar-refractivity contribution in [1.82, 2.24) is 14.1 Å². The number of hydrogen-bond acceptors (Lipinski definition) is 2. The molecule has 8 nitrogen and oxygen atoms in total. The molecule has 3 aromatic heterocycles. The molecule has 0 bridgehead atoms. The normalized spacial score (nSPS) is 10.1. The maximum absolute atomic E-state index is 11.3. The van der Waals surface area contributed by atoms with E-state index in [1.165, 1.54) is 6.08 Å². The van der Waals surface area contributed by atoms with Crippen LogP contribution in [0.4, 0.5) is 0 Å². The van der Waals surface area contributed by atoms with Crippen LogP contribution in [0.25, 0.3) is 27.4 Å². The van der Waals surface area contributed by atoms with Crippen molar-refractivity contribution in [2.24, 2.45) is 19.2 Å². The zero-order valence-corrected chi connectivity index (χ0v) is 17.0. The Balaban J connectivity index is 0.000000262. The molecule has 0 aromatic carbocycles. The highest BCUT2D eigenvalue weighted by Gasteiger charge is 2.04. The topological polar surface area (TPSA) is 109 Å². The quantitative estimate of drug-likeness (QED) is 0.235. The molecule has 0 atom stereocenters. The van der Waals surface area contributed by atoms with Crippen LogP contribution in [0.2, 0.25) is 0 Å². The van der Waals surface area contributed by atoms with Crippen LogP contribution < -0.4 is 5.56 Å². The van der Waals surface area contributed by atoms with Crippen molar-refractivity contribution in [3.63, 3.8) is 0 Å². The molecule has 0 saturated heterocycles. The molecule has 142 valence electrons. The summed E-state index contributed by atoms with van der Waals surface area (Å²) < 4.78 is 5.59. The van der Waals surface area contributed by atoms with E-state index in [0.29, 0.717) is 5.39 Å². The average molecular weight is 498 g/mol. The Hall–Kier alpha value is -2.55. The number of rotatable bonds is 2. The number of nitrogens with one attached hydrogen (secondary N) is 1. The number of aromatic nitrogens is 3. The van der Waals surface area contributed by atoms with Gasteiger partial charge in [0.15, 0.2) is 0 Å². The van der Waals surface area contributed by atoms with Crippen LogP contribution in [0, 0.1) is 0 Å². The van der Waals surface area contributed by atoms with Gasteiger partial charge in [-0.3, -0.25) is 9.59 Å². The van der Waals surface area contributed by atoms with E-state index in [4.69, 9.17) is 5.53 Å². The first-order valence-corrected chi connectivity index (χ1v) is 8.84. The largest absolute Gasteiger partial charge is 0.339 e. The molecule has 0 fully saturated rings. The summed E-state index contributed by atoms with van der Waals surface area (Å²) in [4.78, 5) is 27.1. The van der Waals surface area contributed by atoms with E-state index in [9.17, 15) is 9.59 Å². The van der Waals surface area contributed by atoms with Crippen molar-refractivity contribution < 1.29 is 4.79 Å². The van der Waals surface area contributed by atoms with Gasteiger partial charge in [-0.1, -0.05) is 7.43 Å². The minimum absolute atomic E-state index is 0. The number of carbonyl (C=O) groups is 1. The second-order valence-corrected chi connectivity index (χ2v) is 6.76. The van der Waals surface area contributed by atoms with Gasteiger partial charge < -0.3 is 14.1 Å². The SMILES string of the molecule is C.Cn1c(Br)cc2c(=O)[nH]ccc21.Cn1c(Br)ccc1/C=C/C(=O)N=[N+]=[N-]. The van der Waals surface area contributed by atoms with Gasteiger partial charge in [0.2, 0.25) is 5.91 Å². The molecule has 0 spiro atoms. The van der Waals surface area contributed by atoms with Crippen molar-refractivity contribution in [2.45, 2.75) is 7.43 Å². The number of H-pyrrole nitrogens is 1. The van der Waals surface area contributed by atoms with Gasteiger partial charge in [-0.2, -0.15) is 0 Å². The lowest BCUT2D eigenvalue weighted by atomic mass is 10.3. The smallest absolute Gasteiger partial charge is 0.257 e. The molecule has 10 heteroatoms. The first kappa shape index (κ1) is 22.5. The van der Waals surface area contributed by atoms with Crippen molar-refractivity contribution >= 4 is 54.7 Å². The molecule has 1 amide bonds. The number of nitrogens with zero attached hydrogens (tertiary/aromatic N) is 5. The summed E-state index contributed by atoms with van der Waals surface area (Å²) in [6.07, 6.45) is 4.46. The molecular formula is C17H18Br2N6O2. The Morgan fingerprint density at radius 1 is 1.22 bits per heavy atom. The Labute approximate surface area is 172 Å². The summed E-state index contributed by atoms with van der Waals surface area (Å²) in [5, 5.41) is 3.62. The Morgan fingerprint density at radius 2 is 1.93 bits per heavy atom. The maximum atomic E-state index is 11.3. The van der Waals surface area contributed by atoms with Gasteiger partial charge >= 0.3 is 0 Å². The predicted molar refractivity (Wildman–Crippen MR) is 114 cm³/mol. The molecule has 0 aliphatic heterocycles. The Kier molecular flexibility index (Phi) is 8.30. The van der Waals surface area contributed by atoms with E-state index in [-0.39, 0.29) is 13.0 Å². The maximum Gasteiger partial charge on any atom is 0.257 e. The predicted octanol–water partition coefficient (Wildman–Crippen LogP) is 4.90. The van der Waals surface area contributed by atoms with E-state index < -0.39 is 5.91 Å². The zero-order chi connectivity index (χ0) is 19.3. The highest BCUT2D eigenvalue weighted by Crippen LogP contribution is 2.18. The van der Waals surface area contributed by atoms with Crippen molar-refractivity contribution in [1.29, 1.82) is 0 Å². The van der Waals surface area contributed by atoms with Crippen LogP contribution in [0.1, 0.15) is 13.1 Å². The Morgan fingerprint density at radius 3 is 2.48 bits per heavy atom. The third-order valence-electron chi connectivity index (χ3n) is 3.56. The van der Waals surface area contributed by atoms with E-state index in [0.717, 1.165) is 20.4 Å². The van der Waals surface area contributed by atoms with Crippen molar-refractivity contribution in [3.8, 4) is 0 Å². The van der Waals surface area contributed by atoms with Gasteiger partial charge in [0.1, 0.15) is 0 Å². The van der Waals surface area contributed by atoms with Crippen LogP contribution >= 0.6 is 31.9 Å². The van der Waals surface area contributed by atoms with Crippen LogP contribution in [0.5, 0.6) is 0 Å². The number of amides is 1. The molecule has 0 unspecified atom stereocenters. The highest BCUT2D eigenvalue weighted by molar-refractivity contribution is 9.10. The monoisotopic (exact) mass is 496 g/mol. The minimum Gasteiger partial charge on any atom is -0.339 e. The first-order chi connectivity index (χ1) is 12.3. The zero-order valence-electron chi connectivity index (χ0n) is 13.8. The fourth-order valence-corrected chi connectivity index (χ4v) is 2.90. The number of aromatic amines is 1. The summed E-state index contributed by atoms with van der Waals surface area (Å²) in [6.45, 7) is 0. The molecule has 0 aliphatic rings. The first-order valence-electron chi connectivity index (χ1n) is 7.26. The molecule has 3 heterocycles. The van der Waals surface area contributed by atoms with Crippen LogP contribution in [-0.4, -0.2) is 20.0 Å². The van der Waals surface area contributed by atoms with Gasteiger partial charge in [-0.25, -0.2) is 0 Å². The van der Waals surface area contributed by atoms with Gasteiger partial charge in [0.05, 0.1) is 20.1 Å². The van der Waals surface area contributed by atoms with E-state index in [2.05, 4.69) is 46.9 Å². The molecule has 0 saturated carbocycles. The lowest BCUT2D eigenvalue weighted by Crippen LogP contribution is -2.03. The Bertz CT molecular complexity index is 1090. The molecule has 1 N–H and O–H groups in total. The summed E-state index contributed by atoms with van der Waals surface area (Å²) >= 11 is 6.67. The molecule has 3 aromatic rings. The van der Waals surface area contributed by atoms with Crippen LogP contribution in [0.3, 0.4) is 0 Å². The summed E-state index contributed by atoms with van der Waals surface area (Å²) in [5.74, 6) is -0.607. The second kappa shape index (κ2) is 9.96. The number of fused-ring (bicyclic) bond motifs is 1. The van der Waals surface area contributed by atoms with Crippen LogP contribution in [-0.2, 0) is 18.9 Å². The van der Waals surface area contributed by atoms with E-state index in [1.807, 2.05) is 47.5 Å². The van der Waals surface area contributed by atoms with Gasteiger partial charge in [0.25, 0.3) is 5.56 Å². The number of hydrogen-bond donors (Lipinski definition) is 1. The molecule has 3 rings (SSSR count). The number of azide groups is 1. The van der Waals surface area contributed by atoms with Gasteiger partial charge in [0, 0.05) is 30.9 Å². The molecular weight excluding hydrogens is 480 g/mol. The standard InChI is InChI=1S/C8H7BrN4O.C8H7BrN2O.CH4/c1-13-6(2-4-7(13)9)3-5-8(14)11-12-10;1-11-6-2-3-10-8(12)5(6)4-7(11)9;/h2-5H,1H3;2-4H,1H3,(H,10,12);1H4/b5-3+;;. The lowest BCUT2D eigenvalue weighted by molar-refractivity contribution is -0.113. The van der Waals surface area contributed by atoms with Crippen molar-refractivity contribution in [2.75, 3.05) is 0 Å². The average Bonchev–Trinajstić information content (AvgIpc) is 3.08. The number of aryl methyl sites for hydroxylation is 1. The van der Waals surface area contributed by atoms with Crippen molar-refractivity contribution in [3.05, 3.63) is 72.2 Å². The van der Waals surface area contributed by atoms with E-state index >= 15 is 0 Å². The second-order valence-electron chi connectivity index (χ2n) is 5.13.